The van der Waals surface area contributed by atoms with Crippen molar-refractivity contribution in [2.75, 3.05) is 13.7 Å². The van der Waals surface area contributed by atoms with Gasteiger partial charge in [-0.15, -0.1) is 11.3 Å². The van der Waals surface area contributed by atoms with Crippen LogP contribution in [0.2, 0.25) is 0 Å². The molecule has 4 heteroatoms. The molecule has 0 amide bonds. The fourth-order valence-corrected chi connectivity index (χ4v) is 2.80. The average molecular weight is 256 g/mol. The summed E-state index contributed by atoms with van der Waals surface area (Å²) in [7, 11) is 1.74. The molecule has 0 aliphatic carbocycles. The van der Waals surface area contributed by atoms with Gasteiger partial charge in [0, 0.05) is 24.4 Å². The van der Waals surface area contributed by atoms with Crippen LogP contribution >= 0.6 is 11.3 Å². The summed E-state index contributed by atoms with van der Waals surface area (Å²) in [6, 6.07) is 0. The molecule has 0 saturated heterocycles. The molecular weight excluding hydrogens is 232 g/mol. The Kier molecular flexibility index (Phi) is 4.69. The van der Waals surface area contributed by atoms with Crippen LogP contribution in [-0.4, -0.2) is 18.6 Å². The largest absolute Gasteiger partial charge is 0.371 e. The van der Waals surface area contributed by atoms with Gasteiger partial charge in [0.25, 0.3) is 0 Å². The number of thiazole rings is 1. The van der Waals surface area contributed by atoms with Crippen molar-refractivity contribution in [3.63, 3.8) is 0 Å². The van der Waals surface area contributed by atoms with Gasteiger partial charge in [0.15, 0.2) is 0 Å². The maximum Gasteiger partial charge on any atom is 0.125 e. The Bertz CT molecular complexity index is 322. The number of nitrogens with zero attached hydrogens (tertiary/aromatic N) is 1. The third-order valence-electron chi connectivity index (χ3n) is 3.93. The van der Waals surface area contributed by atoms with E-state index < -0.39 is 0 Å². The highest BCUT2D eigenvalue weighted by atomic mass is 32.1. The summed E-state index contributed by atoms with van der Waals surface area (Å²) in [5.41, 5.74) is 6.67. The van der Waals surface area contributed by atoms with Crippen molar-refractivity contribution in [1.29, 1.82) is 0 Å². The van der Waals surface area contributed by atoms with E-state index in [9.17, 15) is 0 Å². The van der Waals surface area contributed by atoms with Gasteiger partial charge in [-0.3, -0.25) is 0 Å². The first-order valence-electron chi connectivity index (χ1n) is 6.17. The number of nitrogens with two attached hydrogens (primary N) is 1. The van der Waals surface area contributed by atoms with Crippen LogP contribution in [0.3, 0.4) is 0 Å². The van der Waals surface area contributed by atoms with Crippen molar-refractivity contribution in [3.05, 3.63) is 16.1 Å². The Morgan fingerprint density at radius 3 is 2.41 bits per heavy atom. The summed E-state index contributed by atoms with van der Waals surface area (Å²) in [6.07, 6.45) is 1.92. The monoisotopic (exact) mass is 256 g/mol. The van der Waals surface area contributed by atoms with Crippen LogP contribution in [0.15, 0.2) is 5.38 Å². The highest BCUT2D eigenvalue weighted by molar-refractivity contribution is 7.09. The van der Waals surface area contributed by atoms with Crippen LogP contribution in [0.25, 0.3) is 0 Å². The van der Waals surface area contributed by atoms with Crippen molar-refractivity contribution in [2.45, 2.75) is 51.6 Å². The van der Waals surface area contributed by atoms with Gasteiger partial charge in [-0.05, 0) is 19.8 Å². The molecule has 2 unspecified atom stereocenters. The normalized spacial score (nSPS) is 18.7. The van der Waals surface area contributed by atoms with E-state index in [0.717, 1.165) is 23.5 Å². The van der Waals surface area contributed by atoms with E-state index in [2.05, 4.69) is 33.1 Å². The lowest BCUT2D eigenvalue weighted by atomic mass is 9.85. The van der Waals surface area contributed by atoms with Crippen LogP contribution in [0.1, 0.15) is 51.2 Å². The summed E-state index contributed by atoms with van der Waals surface area (Å²) >= 11 is 1.67. The predicted molar refractivity (Wildman–Crippen MR) is 73.5 cm³/mol. The molecule has 0 aromatic carbocycles. The topological polar surface area (TPSA) is 48.1 Å². The minimum absolute atomic E-state index is 0.0167. The number of hydrogen-bond donors (Lipinski definition) is 1. The first-order valence-corrected chi connectivity index (χ1v) is 7.05. The van der Waals surface area contributed by atoms with Crippen LogP contribution in [0, 0.1) is 0 Å². The molecule has 0 aliphatic heterocycles. The van der Waals surface area contributed by atoms with Gasteiger partial charge < -0.3 is 10.5 Å². The second-order valence-corrected chi connectivity index (χ2v) is 5.80. The van der Waals surface area contributed by atoms with Gasteiger partial charge in [0.1, 0.15) is 10.6 Å². The van der Waals surface area contributed by atoms with Crippen molar-refractivity contribution < 1.29 is 4.74 Å². The van der Waals surface area contributed by atoms with Crippen molar-refractivity contribution in [3.8, 4) is 0 Å². The molecule has 0 spiro atoms. The van der Waals surface area contributed by atoms with Crippen LogP contribution in [-0.2, 0) is 15.8 Å². The molecule has 98 valence electrons. The number of rotatable bonds is 6. The van der Waals surface area contributed by atoms with Gasteiger partial charge in [0.2, 0.25) is 0 Å². The number of aromatic nitrogens is 1. The van der Waals surface area contributed by atoms with E-state index in [1.165, 1.54) is 0 Å². The molecule has 2 atom stereocenters. The van der Waals surface area contributed by atoms with Crippen molar-refractivity contribution >= 4 is 11.3 Å². The standard InChI is InChI=1S/C13H24N2OS/c1-6-12(3,9-14)10-8-17-11(15-10)13(4,7-2)16-5/h8H,6-7,9,14H2,1-5H3. The summed E-state index contributed by atoms with van der Waals surface area (Å²) in [4.78, 5) is 4.75. The highest BCUT2D eigenvalue weighted by Crippen LogP contribution is 2.34. The molecule has 0 fully saturated rings. The first-order chi connectivity index (χ1) is 7.95. The summed E-state index contributed by atoms with van der Waals surface area (Å²) in [6.45, 7) is 9.15. The predicted octanol–water partition coefficient (Wildman–Crippen LogP) is 3.04. The second kappa shape index (κ2) is 5.46. The van der Waals surface area contributed by atoms with E-state index in [1.54, 1.807) is 18.4 Å². The molecule has 1 heterocycles. The molecule has 1 aromatic rings. The van der Waals surface area contributed by atoms with Gasteiger partial charge in [-0.1, -0.05) is 20.8 Å². The molecule has 2 N–H and O–H groups in total. The molecule has 1 rings (SSSR count). The van der Waals surface area contributed by atoms with E-state index in [0.29, 0.717) is 6.54 Å². The number of ether oxygens (including phenoxy) is 1. The van der Waals surface area contributed by atoms with Crippen LogP contribution < -0.4 is 5.73 Å². The molecule has 0 aliphatic rings. The van der Waals surface area contributed by atoms with E-state index in [1.807, 2.05) is 0 Å². The first kappa shape index (κ1) is 14.6. The average Bonchev–Trinajstić information content (AvgIpc) is 2.87. The Labute approximate surface area is 108 Å². The Hall–Kier alpha value is -0.450. The Morgan fingerprint density at radius 2 is 2.00 bits per heavy atom. The minimum Gasteiger partial charge on any atom is -0.371 e. The molecule has 17 heavy (non-hydrogen) atoms. The summed E-state index contributed by atoms with van der Waals surface area (Å²) in [5.74, 6) is 0. The van der Waals surface area contributed by atoms with Gasteiger partial charge >= 0.3 is 0 Å². The quantitative estimate of drug-likeness (QED) is 0.851. The summed E-state index contributed by atoms with van der Waals surface area (Å²) < 4.78 is 5.58. The molecule has 0 radical (unpaired) electrons. The second-order valence-electron chi connectivity index (χ2n) is 4.94. The summed E-state index contributed by atoms with van der Waals surface area (Å²) in [5, 5.41) is 3.17. The fraction of sp³-hybridized carbons (Fsp3) is 0.769. The van der Waals surface area contributed by atoms with Crippen LogP contribution in [0.4, 0.5) is 0 Å². The zero-order valence-electron chi connectivity index (χ0n) is 11.5. The number of hydrogen-bond acceptors (Lipinski definition) is 4. The van der Waals surface area contributed by atoms with E-state index >= 15 is 0 Å². The van der Waals surface area contributed by atoms with E-state index in [-0.39, 0.29) is 11.0 Å². The fourth-order valence-electron chi connectivity index (χ4n) is 1.61. The molecule has 0 saturated carbocycles. The minimum atomic E-state index is -0.272. The van der Waals surface area contributed by atoms with Gasteiger partial charge in [-0.25, -0.2) is 4.98 Å². The van der Waals surface area contributed by atoms with Crippen molar-refractivity contribution in [2.24, 2.45) is 5.73 Å². The maximum absolute atomic E-state index is 5.87. The molecular formula is C13H24N2OS. The number of methoxy groups -OCH3 is 1. The van der Waals surface area contributed by atoms with Gasteiger partial charge in [-0.2, -0.15) is 0 Å². The molecule has 1 aromatic heterocycles. The molecule has 3 nitrogen and oxygen atoms in total. The third kappa shape index (κ3) is 2.69. The zero-order valence-corrected chi connectivity index (χ0v) is 12.4. The lowest BCUT2D eigenvalue weighted by Crippen LogP contribution is -2.32. The lowest BCUT2D eigenvalue weighted by molar-refractivity contribution is -0.00177. The highest BCUT2D eigenvalue weighted by Gasteiger charge is 2.31. The van der Waals surface area contributed by atoms with E-state index in [4.69, 9.17) is 15.5 Å². The smallest absolute Gasteiger partial charge is 0.125 e. The van der Waals surface area contributed by atoms with Gasteiger partial charge in [0.05, 0.1) is 5.69 Å². The van der Waals surface area contributed by atoms with Crippen molar-refractivity contribution in [1.82, 2.24) is 4.98 Å². The Balaban J connectivity index is 3.07. The maximum atomic E-state index is 5.87. The SMILES string of the molecule is CCC(C)(CN)c1csc(C(C)(CC)OC)n1. The Morgan fingerprint density at radius 1 is 1.35 bits per heavy atom. The zero-order chi connectivity index (χ0) is 13.1. The lowest BCUT2D eigenvalue weighted by Gasteiger charge is -2.26. The molecule has 0 bridgehead atoms. The van der Waals surface area contributed by atoms with Crippen LogP contribution in [0.5, 0.6) is 0 Å². The third-order valence-corrected chi connectivity index (χ3v) is 5.02.